The van der Waals surface area contributed by atoms with Gasteiger partial charge in [-0.05, 0) is 67.3 Å². The Labute approximate surface area is 176 Å². The molecule has 0 atom stereocenters. The van der Waals surface area contributed by atoms with Crippen molar-refractivity contribution in [3.8, 4) is 23.0 Å². The largest absolute Gasteiger partial charge is 0.495 e. The summed E-state index contributed by atoms with van der Waals surface area (Å²) in [5.41, 5.74) is 1.78. The Hall–Kier alpha value is -1.48. The maximum atomic E-state index is 8.94. The number of methoxy groups -OCH3 is 5. The van der Waals surface area contributed by atoms with Crippen molar-refractivity contribution in [2.45, 2.75) is 13.2 Å². The Balaban J connectivity index is 0.000000271. The van der Waals surface area contributed by atoms with Crippen LogP contribution in [-0.2, 0) is 18.0 Å². The molecule has 0 heterocycles. The third-order valence-electron chi connectivity index (χ3n) is 3.50. The zero-order valence-electron chi connectivity index (χ0n) is 16.0. The fourth-order valence-electron chi connectivity index (χ4n) is 2.19. The second-order valence-electron chi connectivity index (χ2n) is 5.22. The Morgan fingerprint density at radius 3 is 1.26 bits per heavy atom. The van der Waals surface area contributed by atoms with Crippen LogP contribution in [0.3, 0.4) is 0 Å². The third-order valence-corrected chi connectivity index (χ3v) is 5.07. The second-order valence-corrected chi connectivity index (χ2v) is 6.81. The van der Waals surface area contributed by atoms with Crippen LogP contribution in [0.5, 0.6) is 23.0 Å². The molecule has 0 aliphatic carbocycles. The van der Waals surface area contributed by atoms with Gasteiger partial charge in [-0.1, -0.05) is 0 Å². The molecule has 2 aromatic carbocycles. The van der Waals surface area contributed by atoms with Gasteiger partial charge in [0.05, 0.1) is 41.7 Å². The fraction of sp³-hybridized carbons (Fsp3) is 0.368. The first-order valence-electron chi connectivity index (χ1n) is 7.86. The minimum atomic E-state index is -0.0278. The van der Waals surface area contributed by atoms with E-state index in [-0.39, 0.29) is 6.61 Å². The van der Waals surface area contributed by atoms with E-state index in [4.69, 9.17) is 28.8 Å². The smallest absolute Gasteiger partial charge is 0.137 e. The van der Waals surface area contributed by atoms with Crippen molar-refractivity contribution in [1.29, 1.82) is 0 Å². The molecule has 150 valence electrons. The van der Waals surface area contributed by atoms with E-state index in [1.807, 2.05) is 12.1 Å². The van der Waals surface area contributed by atoms with Crippen molar-refractivity contribution >= 4 is 31.9 Å². The van der Waals surface area contributed by atoms with Crippen molar-refractivity contribution < 1.29 is 28.8 Å². The molecule has 0 fully saturated rings. The zero-order chi connectivity index (χ0) is 20.4. The van der Waals surface area contributed by atoms with Gasteiger partial charge in [-0.25, -0.2) is 0 Å². The Bertz CT molecular complexity index is 686. The molecule has 0 saturated heterocycles. The van der Waals surface area contributed by atoms with Crippen molar-refractivity contribution in [3.05, 3.63) is 44.3 Å². The van der Waals surface area contributed by atoms with Crippen molar-refractivity contribution in [2.24, 2.45) is 0 Å². The standard InChI is InChI=1S/C10H13BrO3.C9H11BrO3/c1-12-6-7-4-8(13-2)10(11)9(5-7)14-3;1-12-7-3-6(5-11)4-8(13-2)9(7)10/h4-5H,6H2,1-3H3;3-4,11H,5H2,1-2H3. The summed E-state index contributed by atoms with van der Waals surface area (Å²) in [5, 5.41) is 8.94. The lowest BCUT2D eigenvalue weighted by Gasteiger charge is -2.10. The van der Waals surface area contributed by atoms with E-state index in [2.05, 4.69) is 31.9 Å². The number of halogens is 2. The third kappa shape index (κ3) is 6.57. The molecule has 0 radical (unpaired) electrons. The maximum Gasteiger partial charge on any atom is 0.137 e. The lowest BCUT2D eigenvalue weighted by atomic mass is 10.2. The van der Waals surface area contributed by atoms with Crippen LogP contribution in [0.2, 0.25) is 0 Å². The van der Waals surface area contributed by atoms with E-state index in [9.17, 15) is 0 Å². The van der Waals surface area contributed by atoms with Gasteiger partial charge in [0.1, 0.15) is 31.9 Å². The molecule has 2 aromatic rings. The van der Waals surface area contributed by atoms with Gasteiger partial charge in [-0.3, -0.25) is 0 Å². The molecule has 0 aliphatic rings. The summed E-state index contributed by atoms with van der Waals surface area (Å²) in [4.78, 5) is 0. The first kappa shape index (κ1) is 23.6. The van der Waals surface area contributed by atoms with Crippen LogP contribution in [0.15, 0.2) is 33.2 Å². The summed E-state index contributed by atoms with van der Waals surface area (Å²) in [6.07, 6.45) is 0. The number of rotatable bonds is 7. The van der Waals surface area contributed by atoms with Crippen LogP contribution in [0.1, 0.15) is 11.1 Å². The van der Waals surface area contributed by atoms with Crippen LogP contribution >= 0.6 is 31.9 Å². The van der Waals surface area contributed by atoms with Gasteiger partial charge in [0.25, 0.3) is 0 Å². The Kier molecular flexibility index (Phi) is 10.5. The minimum absolute atomic E-state index is 0.0278. The molecule has 0 saturated carbocycles. The van der Waals surface area contributed by atoms with Crippen molar-refractivity contribution in [2.75, 3.05) is 35.5 Å². The minimum Gasteiger partial charge on any atom is -0.495 e. The van der Waals surface area contributed by atoms with E-state index in [0.717, 1.165) is 31.6 Å². The summed E-state index contributed by atoms with van der Waals surface area (Å²) in [5.74, 6) is 2.81. The van der Waals surface area contributed by atoms with Crippen LogP contribution < -0.4 is 18.9 Å². The van der Waals surface area contributed by atoms with Crippen molar-refractivity contribution in [3.63, 3.8) is 0 Å². The normalized spacial score (nSPS) is 9.93. The molecular weight excluding hydrogens is 484 g/mol. The fourth-order valence-corrected chi connectivity index (χ4v) is 3.29. The van der Waals surface area contributed by atoms with Crippen LogP contribution in [0.25, 0.3) is 0 Å². The summed E-state index contributed by atoms with van der Waals surface area (Å²) in [7, 11) is 8.04. The van der Waals surface area contributed by atoms with Gasteiger partial charge in [0, 0.05) is 7.11 Å². The Morgan fingerprint density at radius 2 is 1.00 bits per heavy atom. The quantitative estimate of drug-likeness (QED) is 0.592. The summed E-state index contributed by atoms with van der Waals surface area (Å²) >= 11 is 6.73. The molecule has 1 N–H and O–H groups in total. The van der Waals surface area contributed by atoms with E-state index in [1.54, 1.807) is 47.7 Å². The molecule has 0 bridgehead atoms. The van der Waals surface area contributed by atoms with Gasteiger partial charge in [-0.15, -0.1) is 0 Å². The van der Waals surface area contributed by atoms with Gasteiger partial charge >= 0.3 is 0 Å². The number of hydrogen-bond donors (Lipinski definition) is 1. The number of aliphatic hydroxyl groups is 1. The number of aliphatic hydroxyl groups excluding tert-OH is 1. The van der Waals surface area contributed by atoms with Gasteiger partial charge in [-0.2, -0.15) is 0 Å². The van der Waals surface area contributed by atoms with Crippen LogP contribution in [0, 0.1) is 0 Å². The number of hydrogen-bond acceptors (Lipinski definition) is 6. The van der Waals surface area contributed by atoms with E-state index < -0.39 is 0 Å². The highest BCUT2D eigenvalue weighted by Gasteiger charge is 2.10. The molecular formula is C19H24Br2O6. The number of ether oxygens (including phenoxy) is 5. The van der Waals surface area contributed by atoms with Crippen LogP contribution in [0.4, 0.5) is 0 Å². The van der Waals surface area contributed by atoms with Gasteiger partial charge < -0.3 is 28.8 Å². The summed E-state index contributed by atoms with van der Waals surface area (Å²) < 4.78 is 27.2. The molecule has 0 aromatic heterocycles. The van der Waals surface area contributed by atoms with E-state index >= 15 is 0 Å². The molecule has 6 nitrogen and oxygen atoms in total. The molecule has 0 unspecified atom stereocenters. The summed E-state index contributed by atoms with van der Waals surface area (Å²) in [6, 6.07) is 7.34. The lowest BCUT2D eigenvalue weighted by Crippen LogP contribution is -1.94. The first-order valence-corrected chi connectivity index (χ1v) is 9.44. The zero-order valence-corrected chi connectivity index (χ0v) is 19.1. The predicted molar refractivity (Wildman–Crippen MR) is 111 cm³/mol. The topological polar surface area (TPSA) is 66.4 Å². The molecule has 2 rings (SSSR count). The first-order chi connectivity index (χ1) is 12.9. The highest BCUT2D eigenvalue weighted by Crippen LogP contribution is 2.36. The molecule has 0 aliphatic heterocycles. The van der Waals surface area contributed by atoms with Crippen LogP contribution in [-0.4, -0.2) is 40.7 Å². The SMILES string of the molecule is COCc1cc(OC)c(Br)c(OC)c1.COc1cc(CO)cc(OC)c1Br. The molecule has 0 amide bonds. The highest BCUT2D eigenvalue weighted by molar-refractivity contribution is 9.11. The molecule has 27 heavy (non-hydrogen) atoms. The van der Waals surface area contributed by atoms with E-state index in [0.29, 0.717) is 18.1 Å². The maximum absolute atomic E-state index is 8.94. The van der Waals surface area contributed by atoms with Crippen molar-refractivity contribution in [1.82, 2.24) is 0 Å². The highest BCUT2D eigenvalue weighted by atomic mass is 79.9. The average molecular weight is 508 g/mol. The lowest BCUT2D eigenvalue weighted by molar-refractivity contribution is 0.184. The number of benzene rings is 2. The predicted octanol–water partition coefficient (Wildman–Crippen LogP) is 4.57. The monoisotopic (exact) mass is 506 g/mol. The molecule has 0 spiro atoms. The van der Waals surface area contributed by atoms with E-state index in [1.165, 1.54) is 0 Å². The Morgan fingerprint density at radius 1 is 0.667 bits per heavy atom. The van der Waals surface area contributed by atoms with Gasteiger partial charge in [0.15, 0.2) is 0 Å². The second kappa shape index (κ2) is 12.1. The summed E-state index contributed by atoms with van der Waals surface area (Å²) in [6.45, 7) is 0.514. The average Bonchev–Trinajstić information content (AvgIpc) is 2.70. The van der Waals surface area contributed by atoms with Gasteiger partial charge in [0.2, 0.25) is 0 Å². The molecule has 8 heteroatoms.